The second-order valence-corrected chi connectivity index (χ2v) is 6.19. The predicted molar refractivity (Wildman–Crippen MR) is 91.7 cm³/mol. The summed E-state index contributed by atoms with van der Waals surface area (Å²) >= 11 is 5.98. The Kier molecular flexibility index (Phi) is 4.35. The first-order valence-corrected chi connectivity index (χ1v) is 7.91. The topological polar surface area (TPSA) is 37.6 Å². The maximum atomic E-state index is 12.9. The smallest absolute Gasteiger partial charge is 0.274 e. The number of fused-ring (bicyclic) bond motifs is 1. The zero-order valence-corrected chi connectivity index (χ0v) is 13.9. The quantitative estimate of drug-likeness (QED) is 0.725. The summed E-state index contributed by atoms with van der Waals surface area (Å²) in [6.45, 7) is 4.58. The molecule has 0 saturated carbocycles. The number of aromatic nitrogens is 2. The number of pyridine rings is 1. The molecule has 3 rings (SSSR count). The van der Waals surface area contributed by atoms with Gasteiger partial charge in [-0.3, -0.25) is 4.79 Å². The first-order valence-electron chi connectivity index (χ1n) is 7.54. The van der Waals surface area contributed by atoms with Crippen LogP contribution in [0.4, 0.5) is 0 Å². The van der Waals surface area contributed by atoms with Crippen LogP contribution in [0.1, 0.15) is 29.9 Å². The number of halogens is 1. The molecule has 4 nitrogen and oxygen atoms in total. The van der Waals surface area contributed by atoms with Crippen LogP contribution in [0.15, 0.2) is 54.9 Å². The number of nitrogens with zero attached hydrogens (tertiary/aromatic N) is 3. The molecule has 1 aromatic carbocycles. The fourth-order valence-corrected chi connectivity index (χ4v) is 2.65. The van der Waals surface area contributed by atoms with Crippen LogP contribution in [0, 0.1) is 0 Å². The molecule has 3 aromatic rings. The molecule has 0 N–H and O–H groups in total. The maximum absolute atomic E-state index is 12.9. The lowest BCUT2D eigenvalue weighted by atomic mass is 10.2. The van der Waals surface area contributed by atoms with E-state index in [1.54, 1.807) is 28.9 Å². The normalized spacial score (nSPS) is 11.1. The van der Waals surface area contributed by atoms with Crippen molar-refractivity contribution in [2.75, 3.05) is 0 Å². The Hall–Kier alpha value is -2.33. The van der Waals surface area contributed by atoms with Crippen LogP contribution < -0.4 is 0 Å². The average Bonchev–Trinajstić information content (AvgIpc) is 2.95. The van der Waals surface area contributed by atoms with E-state index in [1.165, 1.54) is 0 Å². The Labute approximate surface area is 140 Å². The van der Waals surface area contributed by atoms with E-state index in [0.29, 0.717) is 22.9 Å². The standard InChI is InChI=1S/C18H18ClN3O/c1-13(2)22(10-14-6-4-3-5-7-14)18(23)16-12-21-11-15(19)8-9-17(21)20-16/h3-9,11-13H,10H2,1-2H3. The van der Waals surface area contributed by atoms with Crippen LogP contribution in [0.3, 0.4) is 0 Å². The molecular formula is C18H18ClN3O. The lowest BCUT2D eigenvalue weighted by Gasteiger charge is -2.26. The van der Waals surface area contributed by atoms with Gasteiger partial charge in [0.2, 0.25) is 0 Å². The lowest BCUT2D eigenvalue weighted by Crippen LogP contribution is -2.36. The van der Waals surface area contributed by atoms with Gasteiger partial charge in [0, 0.05) is 25.0 Å². The molecular weight excluding hydrogens is 310 g/mol. The van der Waals surface area contributed by atoms with E-state index < -0.39 is 0 Å². The number of benzene rings is 1. The number of carbonyl (C=O) groups is 1. The third-order valence-corrected chi connectivity index (χ3v) is 3.94. The second-order valence-electron chi connectivity index (χ2n) is 5.75. The number of hydrogen-bond acceptors (Lipinski definition) is 2. The van der Waals surface area contributed by atoms with Gasteiger partial charge in [0.25, 0.3) is 5.91 Å². The number of hydrogen-bond donors (Lipinski definition) is 0. The Morgan fingerprint density at radius 3 is 2.61 bits per heavy atom. The van der Waals surface area contributed by atoms with Gasteiger partial charge in [-0.05, 0) is 31.5 Å². The summed E-state index contributed by atoms with van der Waals surface area (Å²) in [5, 5.41) is 0.610. The molecule has 0 aliphatic heterocycles. The monoisotopic (exact) mass is 327 g/mol. The zero-order valence-electron chi connectivity index (χ0n) is 13.1. The Bertz CT molecular complexity index is 827. The molecule has 0 aliphatic rings. The van der Waals surface area contributed by atoms with E-state index in [1.807, 2.05) is 49.1 Å². The first-order chi connectivity index (χ1) is 11.0. The molecule has 0 saturated heterocycles. The van der Waals surface area contributed by atoms with Gasteiger partial charge >= 0.3 is 0 Å². The Balaban J connectivity index is 1.90. The number of amides is 1. The molecule has 0 aliphatic carbocycles. The minimum absolute atomic E-state index is 0.0797. The minimum Gasteiger partial charge on any atom is -0.331 e. The van der Waals surface area contributed by atoms with Gasteiger partial charge < -0.3 is 9.30 Å². The minimum atomic E-state index is -0.0799. The summed E-state index contributed by atoms with van der Waals surface area (Å²) < 4.78 is 1.77. The van der Waals surface area contributed by atoms with Gasteiger partial charge in [0.1, 0.15) is 11.3 Å². The molecule has 23 heavy (non-hydrogen) atoms. The van der Waals surface area contributed by atoms with Gasteiger partial charge in [-0.2, -0.15) is 0 Å². The van der Waals surface area contributed by atoms with Crippen LogP contribution in [-0.4, -0.2) is 26.2 Å². The number of imidazole rings is 1. The molecule has 0 fully saturated rings. The van der Waals surface area contributed by atoms with Crippen molar-refractivity contribution in [3.63, 3.8) is 0 Å². The van der Waals surface area contributed by atoms with E-state index in [2.05, 4.69) is 4.98 Å². The molecule has 5 heteroatoms. The SMILES string of the molecule is CC(C)N(Cc1ccccc1)C(=O)c1cn2cc(Cl)ccc2n1. The van der Waals surface area contributed by atoms with Crippen LogP contribution in [-0.2, 0) is 6.54 Å². The molecule has 2 heterocycles. The zero-order chi connectivity index (χ0) is 16.4. The van der Waals surface area contributed by atoms with Crippen molar-refractivity contribution in [3.8, 4) is 0 Å². The number of rotatable bonds is 4. The average molecular weight is 328 g/mol. The van der Waals surface area contributed by atoms with Gasteiger partial charge in [-0.25, -0.2) is 4.98 Å². The van der Waals surface area contributed by atoms with E-state index in [9.17, 15) is 4.79 Å². The summed E-state index contributed by atoms with van der Waals surface area (Å²) in [4.78, 5) is 19.1. The highest BCUT2D eigenvalue weighted by atomic mass is 35.5. The third-order valence-electron chi connectivity index (χ3n) is 3.71. The van der Waals surface area contributed by atoms with Crippen molar-refractivity contribution >= 4 is 23.2 Å². The Morgan fingerprint density at radius 1 is 1.17 bits per heavy atom. The highest BCUT2D eigenvalue weighted by molar-refractivity contribution is 6.30. The maximum Gasteiger partial charge on any atom is 0.274 e. The van der Waals surface area contributed by atoms with E-state index >= 15 is 0 Å². The fourth-order valence-electron chi connectivity index (χ4n) is 2.48. The van der Waals surface area contributed by atoms with Crippen LogP contribution >= 0.6 is 11.6 Å². The summed E-state index contributed by atoms with van der Waals surface area (Å²) in [6, 6.07) is 13.6. The predicted octanol–water partition coefficient (Wildman–Crippen LogP) is 4.04. The fraction of sp³-hybridized carbons (Fsp3) is 0.222. The molecule has 0 unspecified atom stereocenters. The van der Waals surface area contributed by atoms with Crippen molar-refractivity contribution in [2.24, 2.45) is 0 Å². The molecule has 1 amide bonds. The molecule has 0 spiro atoms. The first kappa shape index (κ1) is 15.6. The lowest BCUT2D eigenvalue weighted by molar-refractivity contribution is 0.0685. The third kappa shape index (κ3) is 3.37. The van der Waals surface area contributed by atoms with Gasteiger partial charge in [0.15, 0.2) is 0 Å². The van der Waals surface area contributed by atoms with E-state index in [4.69, 9.17) is 11.6 Å². The molecule has 2 aromatic heterocycles. The van der Waals surface area contributed by atoms with Crippen molar-refractivity contribution in [2.45, 2.75) is 26.4 Å². The van der Waals surface area contributed by atoms with Gasteiger partial charge in [-0.1, -0.05) is 41.9 Å². The number of carbonyl (C=O) groups excluding carboxylic acids is 1. The van der Waals surface area contributed by atoms with Crippen LogP contribution in [0.2, 0.25) is 5.02 Å². The highest BCUT2D eigenvalue weighted by Crippen LogP contribution is 2.16. The van der Waals surface area contributed by atoms with E-state index in [-0.39, 0.29) is 11.9 Å². The van der Waals surface area contributed by atoms with E-state index in [0.717, 1.165) is 5.56 Å². The summed E-state index contributed by atoms with van der Waals surface area (Å²) in [7, 11) is 0. The van der Waals surface area contributed by atoms with Gasteiger partial charge in [-0.15, -0.1) is 0 Å². The van der Waals surface area contributed by atoms with Crippen molar-refractivity contribution in [3.05, 3.63) is 71.1 Å². The molecule has 0 radical (unpaired) electrons. The van der Waals surface area contributed by atoms with Crippen molar-refractivity contribution < 1.29 is 4.79 Å². The largest absolute Gasteiger partial charge is 0.331 e. The summed E-state index contributed by atoms with van der Waals surface area (Å²) in [5.41, 5.74) is 2.24. The summed E-state index contributed by atoms with van der Waals surface area (Å²) in [5.74, 6) is -0.0799. The van der Waals surface area contributed by atoms with Crippen molar-refractivity contribution in [1.82, 2.24) is 14.3 Å². The highest BCUT2D eigenvalue weighted by Gasteiger charge is 2.21. The molecule has 0 bridgehead atoms. The van der Waals surface area contributed by atoms with Crippen LogP contribution in [0.5, 0.6) is 0 Å². The van der Waals surface area contributed by atoms with Gasteiger partial charge in [0.05, 0.1) is 5.02 Å². The molecule has 0 atom stereocenters. The Morgan fingerprint density at radius 2 is 1.91 bits per heavy atom. The summed E-state index contributed by atoms with van der Waals surface area (Å²) in [6.07, 6.45) is 3.47. The van der Waals surface area contributed by atoms with Crippen LogP contribution in [0.25, 0.3) is 5.65 Å². The second kappa shape index (κ2) is 6.42. The molecule has 118 valence electrons. The van der Waals surface area contributed by atoms with Crippen molar-refractivity contribution in [1.29, 1.82) is 0 Å².